The molecule has 1 atom stereocenters. The van der Waals surface area contributed by atoms with Gasteiger partial charge in [-0.3, -0.25) is 4.79 Å². The van der Waals surface area contributed by atoms with Crippen molar-refractivity contribution in [1.82, 2.24) is 15.1 Å². The van der Waals surface area contributed by atoms with Crippen LogP contribution in [0.2, 0.25) is 0 Å². The molecule has 6 nitrogen and oxygen atoms in total. The van der Waals surface area contributed by atoms with Gasteiger partial charge in [0.15, 0.2) is 0 Å². The van der Waals surface area contributed by atoms with Crippen LogP contribution >= 0.6 is 0 Å². The summed E-state index contributed by atoms with van der Waals surface area (Å²) in [6.45, 7) is 7.89. The number of nitrogens with one attached hydrogen (secondary N) is 1. The average molecular weight is 283 g/mol. The zero-order valence-corrected chi connectivity index (χ0v) is 12.4. The summed E-state index contributed by atoms with van der Waals surface area (Å²) in [6, 6.07) is -0.581. The molecular formula is C14H25N3O3. The lowest BCUT2D eigenvalue weighted by atomic mass is 10.0. The van der Waals surface area contributed by atoms with Crippen molar-refractivity contribution >= 4 is 11.9 Å². The zero-order chi connectivity index (χ0) is 14.5. The average Bonchev–Trinajstić information content (AvgIpc) is 2.98. The number of rotatable bonds is 3. The van der Waals surface area contributed by atoms with Gasteiger partial charge in [-0.2, -0.15) is 0 Å². The molecule has 0 aliphatic carbocycles. The molecule has 1 N–H and O–H groups in total. The fourth-order valence-electron chi connectivity index (χ4n) is 2.64. The van der Waals surface area contributed by atoms with Gasteiger partial charge in [-0.05, 0) is 18.8 Å². The highest BCUT2D eigenvalue weighted by atomic mass is 16.5. The third kappa shape index (κ3) is 3.62. The molecule has 0 aromatic carbocycles. The number of urea groups is 1. The van der Waals surface area contributed by atoms with Crippen molar-refractivity contribution in [3.05, 3.63) is 0 Å². The largest absolute Gasteiger partial charge is 0.378 e. The Morgan fingerprint density at radius 1 is 1.00 bits per heavy atom. The van der Waals surface area contributed by atoms with Crippen LogP contribution in [0.4, 0.5) is 4.79 Å². The summed E-state index contributed by atoms with van der Waals surface area (Å²) in [5, 5.41) is 2.90. The number of likely N-dealkylation sites (tertiary alicyclic amines) is 1. The fourth-order valence-corrected chi connectivity index (χ4v) is 2.64. The molecule has 2 saturated heterocycles. The van der Waals surface area contributed by atoms with E-state index >= 15 is 0 Å². The number of hydrogen-bond donors (Lipinski definition) is 1. The molecule has 0 aromatic rings. The van der Waals surface area contributed by atoms with Crippen LogP contribution < -0.4 is 5.32 Å². The first-order valence-corrected chi connectivity index (χ1v) is 7.51. The molecule has 0 bridgehead atoms. The number of amides is 3. The Labute approximate surface area is 120 Å². The first-order valence-electron chi connectivity index (χ1n) is 7.51. The molecule has 2 fully saturated rings. The van der Waals surface area contributed by atoms with E-state index in [0.29, 0.717) is 26.3 Å². The smallest absolute Gasteiger partial charge is 0.318 e. The quantitative estimate of drug-likeness (QED) is 0.828. The van der Waals surface area contributed by atoms with Crippen molar-refractivity contribution in [2.75, 3.05) is 39.4 Å². The second-order valence-electron chi connectivity index (χ2n) is 5.80. The third-order valence-corrected chi connectivity index (χ3v) is 3.93. The van der Waals surface area contributed by atoms with E-state index in [1.165, 1.54) is 0 Å². The lowest BCUT2D eigenvalue weighted by Gasteiger charge is -2.31. The maximum Gasteiger partial charge on any atom is 0.318 e. The van der Waals surface area contributed by atoms with E-state index in [-0.39, 0.29) is 17.9 Å². The molecule has 6 heteroatoms. The predicted octanol–water partition coefficient (Wildman–Crippen LogP) is 0.675. The molecule has 2 aliphatic heterocycles. The number of ether oxygens (including phenoxy) is 1. The number of carbonyl (C=O) groups is 2. The van der Waals surface area contributed by atoms with Crippen LogP contribution in [0, 0.1) is 5.92 Å². The van der Waals surface area contributed by atoms with E-state index in [1.807, 2.05) is 18.7 Å². The lowest BCUT2D eigenvalue weighted by molar-refractivity contribution is -0.133. The van der Waals surface area contributed by atoms with Crippen LogP contribution in [0.25, 0.3) is 0 Å². The van der Waals surface area contributed by atoms with Crippen molar-refractivity contribution in [3.8, 4) is 0 Å². The Hall–Kier alpha value is -1.30. The molecule has 2 heterocycles. The summed E-state index contributed by atoms with van der Waals surface area (Å²) in [4.78, 5) is 28.3. The topological polar surface area (TPSA) is 61.9 Å². The highest BCUT2D eigenvalue weighted by Gasteiger charge is 2.31. The normalized spacial score (nSPS) is 21.1. The minimum Gasteiger partial charge on any atom is -0.378 e. The highest BCUT2D eigenvalue weighted by molar-refractivity contribution is 5.87. The van der Waals surface area contributed by atoms with Gasteiger partial charge in [0.05, 0.1) is 13.2 Å². The first-order chi connectivity index (χ1) is 9.59. The van der Waals surface area contributed by atoms with E-state index in [2.05, 4.69) is 5.32 Å². The van der Waals surface area contributed by atoms with Crippen LogP contribution in [0.5, 0.6) is 0 Å². The fraction of sp³-hybridized carbons (Fsp3) is 0.857. The highest BCUT2D eigenvalue weighted by Crippen LogP contribution is 2.13. The molecule has 0 radical (unpaired) electrons. The molecule has 2 rings (SSSR count). The minimum absolute atomic E-state index is 0.0547. The molecule has 2 aliphatic rings. The molecule has 3 amide bonds. The minimum atomic E-state index is -0.427. The zero-order valence-electron chi connectivity index (χ0n) is 12.4. The monoisotopic (exact) mass is 283 g/mol. The van der Waals surface area contributed by atoms with Crippen molar-refractivity contribution < 1.29 is 14.3 Å². The summed E-state index contributed by atoms with van der Waals surface area (Å²) < 4.78 is 5.23. The van der Waals surface area contributed by atoms with E-state index in [0.717, 1.165) is 25.9 Å². The number of hydrogen-bond acceptors (Lipinski definition) is 3. The second-order valence-corrected chi connectivity index (χ2v) is 5.80. The summed E-state index contributed by atoms with van der Waals surface area (Å²) in [6.07, 6.45) is 2.13. The Morgan fingerprint density at radius 2 is 1.60 bits per heavy atom. The summed E-state index contributed by atoms with van der Waals surface area (Å²) in [5.41, 5.74) is 0. The van der Waals surface area contributed by atoms with Crippen molar-refractivity contribution in [3.63, 3.8) is 0 Å². The van der Waals surface area contributed by atoms with Gasteiger partial charge in [0, 0.05) is 26.2 Å². The van der Waals surface area contributed by atoms with Gasteiger partial charge in [0.25, 0.3) is 0 Å². The Kier molecular flexibility index (Phi) is 5.23. The van der Waals surface area contributed by atoms with Crippen LogP contribution in [0.1, 0.15) is 26.7 Å². The van der Waals surface area contributed by atoms with Crippen LogP contribution in [-0.4, -0.2) is 67.2 Å². The van der Waals surface area contributed by atoms with Gasteiger partial charge in [-0.1, -0.05) is 13.8 Å². The van der Waals surface area contributed by atoms with Gasteiger partial charge >= 0.3 is 6.03 Å². The van der Waals surface area contributed by atoms with Crippen LogP contribution in [-0.2, 0) is 9.53 Å². The molecule has 20 heavy (non-hydrogen) atoms. The number of nitrogens with zero attached hydrogens (tertiary/aromatic N) is 2. The van der Waals surface area contributed by atoms with Crippen molar-refractivity contribution in [2.24, 2.45) is 5.92 Å². The predicted molar refractivity (Wildman–Crippen MR) is 75.4 cm³/mol. The Balaban J connectivity index is 1.94. The van der Waals surface area contributed by atoms with Gasteiger partial charge in [0.1, 0.15) is 6.04 Å². The Morgan fingerprint density at radius 3 is 2.15 bits per heavy atom. The van der Waals surface area contributed by atoms with Gasteiger partial charge < -0.3 is 19.9 Å². The van der Waals surface area contributed by atoms with Crippen molar-refractivity contribution in [2.45, 2.75) is 32.7 Å². The SMILES string of the molecule is CC(C)[C@H](NC(=O)N1CCOCC1)C(=O)N1CCCC1. The van der Waals surface area contributed by atoms with E-state index in [1.54, 1.807) is 4.90 Å². The summed E-state index contributed by atoms with van der Waals surface area (Å²) in [5.74, 6) is 0.146. The van der Waals surface area contributed by atoms with Crippen molar-refractivity contribution in [1.29, 1.82) is 0 Å². The molecule has 114 valence electrons. The second kappa shape index (κ2) is 6.92. The standard InChI is InChI=1S/C14H25N3O3/c1-11(2)12(13(18)16-5-3-4-6-16)15-14(19)17-7-9-20-10-8-17/h11-12H,3-10H2,1-2H3,(H,15,19)/t12-/m0/s1. The summed E-state index contributed by atoms with van der Waals surface area (Å²) >= 11 is 0. The number of carbonyl (C=O) groups excluding carboxylic acids is 2. The maximum atomic E-state index is 12.5. The number of morpholine rings is 1. The van der Waals surface area contributed by atoms with Crippen LogP contribution in [0.3, 0.4) is 0 Å². The lowest BCUT2D eigenvalue weighted by Crippen LogP contribution is -2.55. The molecule has 0 unspecified atom stereocenters. The van der Waals surface area contributed by atoms with Gasteiger partial charge in [-0.25, -0.2) is 4.79 Å². The molecule has 0 spiro atoms. The molecular weight excluding hydrogens is 258 g/mol. The van der Waals surface area contributed by atoms with Gasteiger partial charge in [-0.15, -0.1) is 0 Å². The van der Waals surface area contributed by atoms with E-state index in [4.69, 9.17) is 4.74 Å². The third-order valence-electron chi connectivity index (χ3n) is 3.93. The molecule has 0 saturated carbocycles. The summed E-state index contributed by atoms with van der Waals surface area (Å²) in [7, 11) is 0. The first kappa shape index (κ1) is 15.1. The maximum absolute atomic E-state index is 12.5. The molecule has 0 aromatic heterocycles. The van der Waals surface area contributed by atoms with Gasteiger partial charge in [0.2, 0.25) is 5.91 Å². The van der Waals surface area contributed by atoms with E-state index in [9.17, 15) is 9.59 Å². The van der Waals surface area contributed by atoms with Crippen LogP contribution in [0.15, 0.2) is 0 Å². The van der Waals surface area contributed by atoms with E-state index < -0.39 is 6.04 Å². The Bertz CT molecular complexity index is 348.